The molecule has 2 heteroatoms. The van der Waals surface area contributed by atoms with Gasteiger partial charge in [0.15, 0.2) is 0 Å². The van der Waals surface area contributed by atoms with Crippen LogP contribution in [-0.2, 0) is 0 Å². The molecule has 1 aromatic carbocycles. The van der Waals surface area contributed by atoms with Crippen LogP contribution < -0.4 is 10.1 Å². The fourth-order valence-electron chi connectivity index (χ4n) is 2.09. The van der Waals surface area contributed by atoms with E-state index in [-0.39, 0.29) is 0 Å². The molecular formula is C14H25NSi. The fraction of sp³-hybridized carbons (Fsp3) is 0.571. The summed E-state index contributed by atoms with van der Waals surface area (Å²) in [4.78, 5) is 2.47. The summed E-state index contributed by atoms with van der Waals surface area (Å²) in [6, 6.07) is 6.92. The number of benzene rings is 1. The predicted octanol–water partition coefficient (Wildman–Crippen LogP) is 3.39. The molecule has 0 amide bonds. The summed E-state index contributed by atoms with van der Waals surface area (Å²) in [7, 11) is -1.25. The predicted molar refractivity (Wildman–Crippen MR) is 77.7 cm³/mol. The van der Waals surface area contributed by atoms with Crippen LogP contribution in [0.4, 0.5) is 5.69 Å². The molecule has 0 bridgehead atoms. The minimum atomic E-state index is -1.25. The molecule has 0 spiro atoms. The quantitative estimate of drug-likeness (QED) is 0.723. The zero-order valence-corrected chi connectivity index (χ0v) is 12.6. The average molecular weight is 235 g/mol. The second-order valence-electron chi connectivity index (χ2n) is 5.44. The molecule has 0 N–H and O–H groups in total. The highest BCUT2D eigenvalue weighted by Gasteiger charge is 2.22. The van der Waals surface area contributed by atoms with Gasteiger partial charge < -0.3 is 4.90 Å². The van der Waals surface area contributed by atoms with Crippen molar-refractivity contribution in [3.8, 4) is 0 Å². The van der Waals surface area contributed by atoms with Gasteiger partial charge in [0.05, 0.1) is 8.07 Å². The Morgan fingerprint density at radius 3 is 2.06 bits per heavy atom. The van der Waals surface area contributed by atoms with E-state index in [2.05, 4.69) is 63.5 Å². The molecule has 16 heavy (non-hydrogen) atoms. The van der Waals surface area contributed by atoms with Gasteiger partial charge in [-0.25, -0.2) is 0 Å². The van der Waals surface area contributed by atoms with Crippen LogP contribution in [0.3, 0.4) is 0 Å². The molecule has 0 radical (unpaired) electrons. The van der Waals surface area contributed by atoms with E-state index in [0.717, 1.165) is 13.1 Å². The number of aryl methyl sites for hydroxylation is 1. The normalized spacial score (nSPS) is 11.6. The third-order valence-electron chi connectivity index (χ3n) is 3.06. The van der Waals surface area contributed by atoms with Gasteiger partial charge in [0.1, 0.15) is 0 Å². The molecule has 0 saturated carbocycles. The monoisotopic (exact) mass is 235 g/mol. The first-order valence-electron chi connectivity index (χ1n) is 6.26. The van der Waals surface area contributed by atoms with Gasteiger partial charge >= 0.3 is 0 Å². The Labute approximate surface area is 101 Å². The van der Waals surface area contributed by atoms with Gasteiger partial charge in [-0.15, -0.1) is 0 Å². The molecule has 0 aromatic heterocycles. The standard InChI is InChI=1S/C14H25NSi/c1-7-15(8-2)13-10-9-12(3)11-14(13)16(4,5)6/h9-11H,7-8H2,1-6H3. The minimum Gasteiger partial charge on any atom is -0.372 e. The Morgan fingerprint density at radius 2 is 1.62 bits per heavy atom. The van der Waals surface area contributed by atoms with E-state index in [9.17, 15) is 0 Å². The van der Waals surface area contributed by atoms with Crippen molar-refractivity contribution in [1.29, 1.82) is 0 Å². The second kappa shape index (κ2) is 5.04. The van der Waals surface area contributed by atoms with Crippen LogP contribution in [0.15, 0.2) is 18.2 Å². The van der Waals surface area contributed by atoms with Gasteiger partial charge in [-0.3, -0.25) is 0 Å². The largest absolute Gasteiger partial charge is 0.372 e. The van der Waals surface area contributed by atoms with Gasteiger partial charge in [-0.2, -0.15) is 0 Å². The molecule has 0 unspecified atom stereocenters. The smallest absolute Gasteiger partial charge is 0.0803 e. The van der Waals surface area contributed by atoms with Gasteiger partial charge in [-0.05, 0) is 32.0 Å². The number of hydrogen-bond donors (Lipinski definition) is 0. The maximum Gasteiger partial charge on any atom is 0.0803 e. The maximum absolute atomic E-state index is 2.47. The maximum atomic E-state index is 2.47. The van der Waals surface area contributed by atoms with Crippen molar-refractivity contribution in [1.82, 2.24) is 0 Å². The van der Waals surface area contributed by atoms with Crippen LogP contribution in [-0.4, -0.2) is 21.2 Å². The molecule has 0 aliphatic rings. The summed E-state index contributed by atoms with van der Waals surface area (Å²) in [5, 5.41) is 1.59. The SMILES string of the molecule is CCN(CC)c1ccc(C)cc1[Si](C)(C)C. The molecule has 1 nitrogen and oxygen atoms in total. The van der Waals surface area contributed by atoms with E-state index in [1.54, 1.807) is 5.19 Å². The zero-order valence-electron chi connectivity index (χ0n) is 11.6. The molecule has 0 fully saturated rings. The van der Waals surface area contributed by atoms with Crippen molar-refractivity contribution in [2.75, 3.05) is 18.0 Å². The van der Waals surface area contributed by atoms with E-state index in [1.807, 2.05) is 0 Å². The highest BCUT2D eigenvalue weighted by Crippen LogP contribution is 2.17. The second-order valence-corrected chi connectivity index (χ2v) is 10.5. The van der Waals surface area contributed by atoms with E-state index < -0.39 is 8.07 Å². The number of rotatable bonds is 4. The Kier molecular flexibility index (Phi) is 4.19. The topological polar surface area (TPSA) is 3.24 Å². The first kappa shape index (κ1) is 13.3. The molecule has 90 valence electrons. The van der Waals surface area contributed by atoms with Crippen LogP contribution in [0.25, 0.3) is 0 Å². The van der Waals surface area contributed by atoms with Crippen LogP contribution in [0.1, 0.15) is 19.4 Å². The number of hydrogen-bond acceptors (Lipinski definition) is 1. The summed E-state index contributed by atoms with van der Waals surface area (Å²) < 4.78 is 0. The molecule has 0 atom stereocenters. The van der Waals surface area contributed by atoms with Crippen LogP contribution >= 0.6 is 0 Å². The molecule has 1 aromatic rings. The van der Waals surface area contributed by atoms with E-state index in [4.69, 9.17) is 0 Å². The Hall–Kier alpha value is -0.763. The average Bonchev–Trinajstić information content (AvgIpc) is 2.20. The molecule has 0 aliphatic carbocycles. The Bertz CT molecular complexity index is 348. The van der Waals surface area contributed by atoms with Crippen molar-refractivity contribution in [3.05, 3.63) is 23.8 Å². The van der Waals surface area contributed by atoms with Crippen LogP contribution in [0.2, 0.25) is 19.6 Å². The van der Waals surface area contributed by atoms with E-state index in [1.165, 1.54) is 11.3 Å². The van der Waals surface area contributed by atoms with E-state index in [0.29, 0.717) is 0 Å². The van der Waals surface area contributed by atoms with Crippen molar-refractivity contribution >= 4 is 18.9 Å². The summed E-state index contributed by atoms with van der Waals surface area (Å²) in [6.07, 6.45) is 0. The summed E-state index contributed by atoms with van der Waals surface area (Å²) in [5.74, 6) is 0. The highest BCUT2D eigenvalue weighted by atomic mass is 28.3. The lowest BCUT2D eigenvalue weighted by molar-refractivity contribution is 0.868. The van der Waals surface area contributed by atoms with Crippen molar-refractivity contribution in [2.24, 2.45) is 0 Å². The first-order valence-corrected chi connectivity index (χ1v) is 9.76. The lowest BCUT2D eigenvalue weighted by atomic mass is 10.2. The minimum absolute atomic E-state index is 1.09. The van der Waals surface area contributed by atoms with Crippen LogP contribution in [0.5, 0.6) is 0 Å². The zero-order chi connectivity index (χ0) is 12.3. The van der Waals surface area contributed by atoms with Crippen molar-refractivity contribution in [3.63, 3.8) is 0 Å². The summed E-state index contributed by atoms with van der Waals surface area (Å²) >= 11 is 0. The fourth-order valence-corrected chi connectivity index (χ4v) is 3.76. The van der Waals surface area contributed by atoms with Crippen molar-refractivity contribution < 1.29 is 0 Å². The first-order chi connectivity index (χ1) is 7.40. The Balaban J connectivity index is 3.27. The van der Waals surface area contributed by atoms with Gasteiger partial charge in [0, 0.05) is 18.8 Å². The van der Waals surface area contributed by atoms with Crippen molar-refractivity contribution in [2.45, 2.75) is 40.4 Å². The number of anilines is 1. The van der Waals surface area contributed by atoms with Crippen LogP contribution in [0, 0.1) is 6.92 Å². The Morgan fingerprint density at radius 1 is 1.06 bits per heavy atom. The lowest BCUT2D eigenvalue weighted by Crippen LogP contribution is -2.42. The van der Waals surface area contributed by atoms with Gasteiger partial charge in [-0.1, -0.05) is 37.3 Å². The molecule has 1 rings (SSSR count). The third kappa shape index (κ3) is 2.88. The van der Waals surface area contributed by atoms with E-state index >= 15 is 0 Å². The lowest BCUT2D eigenvalue weighted by Gasteiger charge is -2.29. The molecular weight excluding hydrogens is 210 g/mol. The summed E-state index contributed by atoms with van der Waals surface area (Å²) in [6.45, 7) is 16.1. The number of nitrogens with zero attached hydrogens (tertiary/aromatic N) is 1. The van der Waals surface area contributed by atoms with Gasteiger partial charge in [0.2, 0.25) is 0 Å². The van der Waals surface area contributed by atoms with Gasteiger partial charge in [0.25, 0.3) is 0 Å². The molecule has 0 aliphatic heterocycles. The molecule has 0 saturated heterocycles. The third-order valence-corrected chi connectivity index (χ3v) is 5.08. The highest BCUT2D eigenvalue weighted by molar-refractivity contribution is 6.89. The summed E-state index contributed by atoms with van der Waals surface area (Å²) in [5.41, 5.74) is 2.84. The molecule has 0 heterocycles.